The summed E-state index contributed by atoms with van der Waals surface area (Å²) in [5.74, 6) is -0.517. The number of aliphatic carboxylic acids is 1. The van der Waals surface area contributed by atoms with E-state index in [-0.39, 0.29) is 18.8 Å². The maximum atomic E-state index is 11.0. The normalized spacial score (nSPS) is 11.6. The fourth-order valence-corrected chi connectivity index (χ4v) is 3.09. The highest BCUT2D eigenvalue weighted by atomic mass is 16.5. The van der Waals surface area contributed by atoms with Crippen molar-refractivity contribution in [3.8, 4) is 16.9 Å². The summed E-state index contributed by atoms with van der Waals surface area (Å²) in [4.78, 5) is 21.8. The van der Waals surface area contributed by atoms with Crippen LogP contribution in [0.25, 0.3) is 11.1 Å². The standard InChI is InChI=1S/C24H22O4/c25-15-14-22(16-24(26)27)21-10-12-23(13-11-21)28-17-18-6-8-20(9-7-18)19-4-2-1-3-5-19/h1-13,15,22H,14,16-17H2,(H,26,27). The van der Waals surface area contributed by atoms with Crippen molar-refractivity contribution in [3.63, 3.8) is 0 Å². The molecule has 4 heteroatoms. The molecule has 0 fully saturated rings. The molecule has 0 aromatic heterocycles. The smallest absolute Gasteiger partial charge is 0.303 e. The molecule has 28 heavy (non-hydrogen) atoms. The molecule has 0 amide bonds. The van der Waals surface area contributed by atoms with Crippen LogP contribution in [0.3, 0.4) is 0 Å². The zero-order valence-corrected chi connectivity index (χ0v) is 15.5. The molecule has 3 rings (SSSR count). The van der Waals surface area contributed by atoms with Gasteiger partial charge in [-0.2, -0.15) is 0 Å². The van der Waals surface area contributed by atoms with Gasteiger partial charge in [-0.3, -0.25) is 4.79 Å². The maximum absolute atomic E-state index is 11.0. The molecule has 0 radical (unpaired) electrons. The molecule has 0 aliphatic rings. The maximum Gasteiger partial charge on any atom is 0.303 e. The van der Waals surface area contributed by atoms with Gasteiger partial charge in [0.15, 0.2) is 0 Å². The van der Waals surface area contributed by atoms with Gasteiger partial charge in [0, 0.05) is 12.3 Å². The van der Waals surface area contributed by atoms with Crippen LogP contribution in [-0.4, -0.2) is 17.4 Å². The van der Waals surface area contributed by atoms with E-state index in [1.165, 1.54) is 5.56 Å². The first-order chi connectivity index (χ1) is 13.7. The highest BCUT2D eigenvalue weighted by molar-refractivity contribution is 5.69. The molecule has 0 saturated heterocycles. The van der Waals surface area contributed by atoms with Crippen LogP contribution in [0.2, 0.25) is 0 Å². The third-order valence-electron chi connectivity index (χ3n) is 4.62. The lowest BCUT2D eigenvalue weighted by molar-refractivity contribution is -0.137. The van der Waals surface area contributed by atoms with Crippen molar-refractivity contribution in [2.75, 3.05) is 0 Å². The Labute approximate surface area is 164 Å². The summed E-state index contributed by atoms with van der Waals surface area (Å²) in [6, 6.07) is 25.7. The van der Waals surface area contributed by atoms with Crippen LogP contribution in [0.15, 0.2) is 78.9 Å². The highest BCUT2D eigenvalue weighted by Crippen LogP contribution is 2.25. The van der Waals surface area contributed by atoms with Crippen LogP contribution in [0.4, 0.5) is 0 Å². The highest BCUT2D eigenvalue weighted by Gasteiger charge is 2.15. The number of ether oxygens (including phenoxy) is 1. The fourth-order valence-electron chi connectivity index (χ4n) is 3.09. The van der Waals surface area contributed by atoms with Crippen LogP contribution in [0, 0.1) is 0 Å². The number of rotatable bonds is 9. The van der Waals surface area contributed by atoms with Crippen LogP contribution < -0.4 is 4.74 Å². The molecule has 0 saturated carbocycles. The number of hydrogen-bond acceptors (Lipinski definition) is 3. The van der Waals surface area contributed by atoms with Crippen molar-refractivity contribution < 1.29 is 19.4 Å². The summed E-state index contributed by atoms with van der Waals surface area (Å²) in [7, 11) is 0. The Balaban J connectivity index is 1.60. The summed E-state index contributed by atoms with van der Waals surface area (Å²) >= 11 is 0. The molecule has 142 valence electrons. The van der Waals surface area contributed by atoms with Gasteiger partial charge in [-0.1, -0.05) is 66.7 Å². The minimum Gasteiger partial charge on any atom is -0.489 e. The number of carboxylic acid groups (broad SMARTS) is 1. The van der Waals surface area contributed by atoms with Crippen molar-refractivity contribution in [2.45, 2.75) is 25.4 Å². The molecule has 1 unspecified atom stereocenters. The zero-order valence-electron chi connectivity index (χ0n) is 15.5. The van der Waals surface area contributed by atoms with Crippen molar-refractivity contribution in [3.05, 3.63) is 90.0 Å². The van der Waals surface area contributed by atoms with Crippen LogP contribution in [0.1, 0.15) is 29.9 Å². The molecule has 1 N–H and O–H groups in total. The molecule has 0 aliphatic carbocycles. The zero-order chi connectivity index (χ0) is 19.8. The Morgan fingerprint density at radius 3 is 2.14 bits per heavy atom. The van der Waals surface area contributed by atoms with E-state index in [4.69, 9.17) is 9.84 Å². The molecule has 0 heterocycles. The van der Waals surface area contributed by atoms with E-state index < -0.39 is 5.97 Å². The second kappa shape index (κ2) is 9.51. The molecule has 1 atom stereocenters. The topological polar surface area (TPSA) is 63.6 Å². The van der Waals surface area contributed by atoms with Gasteiger partial charge in [-0.25, -0.2) is 0 Å². The Kier molecular flexibility index (Phi) is 6.58. The first kappa shape index (κ1) is 19.4. The summed E-state index contributed by atoms with van der Waals surface area (Å²) in [6.07, 6.45) is 0.893. The number of carboxylic acids is 1. The predicted molar refractivity (Wildman–Crippen MR) is 108 cm³/mol. The minimum atomic E-state index is -0.911. The number of benzene rings is 3. The van der Waals surface area contributed by atoms with E-state index in [0.29, 0.717) is 12.4 Å². The van der Waals surface area contributed by atoms with E-state index in [1.807, 2.05) is 54.6 Å². The van der Waals surface area contributed by atoms with E-state index in [9.17, 15) is 9.59 Å². The largest absolute Gasteiger partial charge is 0.489 e. The average molecular weight is 374 g/mol. The molecule has 0 bridgehead atoms. The molecule has 0 aliphatic heterocycles. The van der Waals surface area contributed by atoms with Crippen molar-refractivity contribution in [2.24, 2.45) is 0 Å². The fraction of sp³-hybridized carbons (Fsp3) is 0.167. The lowest BCUT2D eigenvalue weighted by atomic mass is 9.93. The Bertz CT molecular complexity index is 900. The van der Waals surface area contributed by atoms with Crippen LogP contribution in [0.5, 0.6) is 5.75 Å². The van der Waals surface area contributed by atoms with E-state index in [1.54, 1.807) is 0 Å². The SMILES string of the molecule is O=CCC(CC(=O)O)c1ccc(OCc2ccc(-c3ccccc3)cc2)cc1. The Morgan fingerprint density at radius 1 is 0.893 bits per heavy atom. The van der Waals surface area contributed by atoms with Gasteiger partial charge in [0.2, 0.25) is 0 Å². The van der Waals surface area contributed by atoms with Crippen molar-refractivity contribution in [1.29, 1.82) is 0 Å². The summed E-state index contributed by atoms with van der Waals surface area (Å²) in [5, 5.41) is 8.99. The van der Waals surface area contributed by atoms with E-state index in [2.05, 4.69) is 24.3 Å². The molecule has 3 aromatic rings. The third kappa shape index (κ3) is 5.30. The minimum absolute atomic E-state index is 0.0628. The second-order valence-corrected chi connectivity index (χ2v) is 6.62. The summed E-state index contributed by atoms with van der Waals surface area (Å²) in [6.45, 7) is 0.446. The lowest BCUT2D eigenvalue weighted by Crippen LogP contribution is -2.07. The number of carbonyl (C=O) groups excluding carboxylic acids is 1. The van der Waals surface area contributed by atoms with Gasteiger partial charge in [-0.15, -0.1) is 0 Å². The first-order valence-corrected chi connectivity index (χ1v) is 9.18. The number of aldehydes is 1. The monoisotopic (exact) mass is 374 g/mol. The average Bonchev–Trinajstić information content (AvgIpc) is 2.73. The van der Waals surface area contributed by atoms with Gasteiger partial charge in [0.25, 0.3) is 0 Å². The van der Waals surface area contributed by atoms with Gasteiger partial charge in [0.05, 0.1) is 6.42 Å². The van der Waals surface area contributed by atoms with Gasteiger partial charge < -0.3 is 14.6 Å². The summed E-state index contributed by atoms with van der Waals surface area (Å²) in [5.41, 5.74) is 4.23. The van der Waals surface area contributed by atoms with Crippen LogP contribution in [-0.2, 0) is 16.2 Å². The molecular formula is C24H22O4. The number of hydrogen-bond donors (Lipinski definition) is 1. The predicted octanol–water partition coefficient (Wildman–Crippen LogP) is 5.08. The van der Waals surface area contributed by atoms with E-state index in [0.717, 1.165) is 23.0 Å². The van der Waals surface area contributed by atoms with Gasteiger partial charge in [-0.05, 0) is 34.4 Å². The molecule has 4 nitrogen and oxygen atoms in total. The summed E-state index contributed by atoms with van der Waals surface area (Å²) < 4.78 is 5.83. The number of carbonyl (C=O) groups is 2. The quantitative estimate of drug-likeness (QED) is 0.531. The van der Waals surface area contributed by atoms with E-state index >= 15 is 0 Å². The van der Waals surface area contributed by atoms with Crippen LogP contribution >= 0.6 is 0 Å². The van der Waals surface area contributed by atoms with Gasteiger partial charge in [0.1, 0.15) is 18.6 Å². The Morgan fingerprint density at radius 2 is 1.54 bits per heavy atom. The Hall–Kier alpha value is -3.40. The second-order valence-electron chi connectivity index (χ2n) is 6.62. The van der Waals surface area contributed by atoms with Crippen molar-refractivity contribution >= 4 is 12.3 Å². The molecular weight excluding hydrogens is 352 g/mol. The third-order valence-corrected chi connectivity index (χ3v) is 4.62. The first-order valence-electron chi connectivity index (χ1n) is 9.18. The molecule has 3 aromatic carbocycles. The lowest BCUT2D eigenvalue weighted by Gasteiger charge is -2.13. The van der Waals surface area contributed by atoms with Crippen molar-refractivity contribution in [1.82, 2.24) is 0 Å². The van der Waals surface area contributed by atoms with Gasteiger partial charge >= 0.3 is 5.97 Å². The molecule has 0 spiro atoms.